The van der Waals surface area contributed by atoms with Gasteiger partial charge in [0.05, 0.1) is 0 Å². The molecule has 4 N–H and O–H groups in total. The Morgan fingerprint density at radius 2 is 1.21 bits per heavy atom. The van der Waals surface area contributed by atoms with Crippen molar-refractivity contribution in [1.29, 1.82) is 0 Å². The Morgan fingerprint density at radius 1 is 0.619 bits per heavy atom. The number of benzene rings is 4. The van der Waals surface area contributed by atoms with Crippen molar-refractivity contribution in [2.24, 2.45) is 17.6 Å². The summed E-state index contributed by atoms with van der Waals surface area (Å²) < 4.78 is 6.55. The predicted octanol–water partition coefficient (Wildman–Crippen LogP) is 10.0. The first-order chi connectivity index (χ1) is 20.9. The summed E-state index contributed by atoms with van der Waals surface area (Å²) in [6.45, 7) is 8.00. The predicted molar refractivity (Wildman–Crippen MR) is 180 cm³/mol. The first-order valence-corrected chi connectivity index (χ1v) is 15.0. The van der Waals surface area contributed by atoms with E-state index in [0.717, 1.165) is 16.9 Å². The molecule has 2 atom stereocenters. The minimum absolute atomic E-state index is 0.166. The number of hydrogen-bond donors (Lipinski definition) is 2. The maximum Gasteiger partial charge on any atom is 0.142 e. The lowest BCUT2D eigenvalue weighted by molar-refractivity contribution is 0.579. The third kappa shape index (κ3) is 6.08. The third-order valence-electron chi connectivity index (χ3n) is 7.56. The molecule has 1 heterocycles. The van der Waals surface area contributed by atoms with Crippen LogP contribution in [0.4, 0.5) is 0 Å². The molecule has 5 aromatic rings. The molecule has 0 aliphatic heterocycles. The number of furan rings is 1. The van der Waals surface area contributed by atoms with Crippen LogP contribution < -0.4 is 11.7 Å². The second-order valence-electron chi connectivity index (χ2n) is 9.67. The average molecular weight is 555 g/mol. The van der Waals surface area contributed by atoms with Gasteiger partial charge in [-0.3, -0.25) is 11.7 Å². The largest absolute Gasteiger partial charge is 0.456 e. The van der Waals surface area contributed by atoms with Crippen LogP contribution in [0, 0.1) is 5.92 Å². The van der Waals surface area contributed by atoms with Gasteiger partial charge in [-0.2, -0.15) is 0 Å². The fourth-order valence-electron chi connectivity index (χ4n) is 5.90. The van der Waals surface area contributed by atoms with Gasteiger partial charge in [0.1, 0.15) is 11.3 Å². The Kier molecular flexibility index (Phi) is 10.9. The maximum atomic E-state index is 6.55. The summed E-state index contributed by atoms with van der Waals surface area (Å²) in [5, 5.41) is 1.22. The molecule has 0 amide bonds. The number of fused-ring (bicyclic) bond motifs is 5. The highest BCUT2D eigenvalue weighted by Gasteiger charge is 2.29. The van der Waals surface area contributed by atoms with E-state index in [-0.39, 0.29) is 5.92 Å². The van der Waals surface area contributed by atoms with Crippen LogP contribution in [0.3, 0.4) is 0 Å². The maximum absolute atomic E-state index is 6.55. The van der Waals surface area contributed by atoms with Crippen molar-refractivity contribution < 1.29 is 4.42 Å². The lowest BCUT2D eigenvalue weighted by atomic mass is 9.78. The fraction of sp³-hybridized carbons (Fsp3) is 0.179. The highest BCUT2D eigenvalue weighted by Crippen LogP contribution is 2.45. The summed E-state index contributed by atoms with van der Waals surface area (Å²) in [4.78, 5) is 0. The first kappa shape index (κ1) is 30.5. The van der Waals surface area contributed by atoms with Gasteiger partial charge in [0.25, 0.3) is 0 Å². The molecule has 2 unspecified atom stereocenters. The van der Waals surface area contributed by atoms with Crippen LogP contribution in [0.2, 0.25) is 0 Å². The van der Waals surface area contributed by atoms with E-state index in [4.69, 9.17) is 4.42 Å². The number of nitrogens with two attached hydrogens (primary N) is 2. The Labute approximate surface area is 250 Å². The van der Waals surface area contributed by atoms with E-state index in [1.165, 1.54) is 33.2 Å². The van der Waals surface area contributed by atoms with Crippen LogP contribution in [0.15, 0.2) is 138 Å². The zero-order valence-electron chi connectivity index (χ0n) is 25.1. The number of hydrogen-bond acceptors (Lipinski definition) is 3. The number of allylic oxidation sites excluding steroid dienone is 5. The highest BCUT2D eigenvalue weighted by molar-refractivity contribution is 5.97. The topological polar surface area (TPSA) is 65.2 Å². The Bertz CT molecular complexity index is 1600. The molecular weight excluding hydrogens is 512 g/mol. The third-order valence-corrected chi connectivity index (χ3v) is 7.56. The molecule has 0 saturated carbocycles. The molecule has 3 nitrogen and oxygen atoms in total. The van der Waals surface area contributed by atoms with Gasteiger partial charge in [-0.25, -0.2) is 0 Å². The second kappa shape index (κ2) is 15.0. The van der Waals surface area contributed by atoms with Crippen LogP contribution in [0.25, 0.3) is 28.2 Å². The molecule has 1 aromatic heterocycles. The van der Waals surface area contributed by atoms with E-state index < -0.39 is 0 Å². The van der Waals surface area contributed by atoms with Crippen molar-refractivity contribution in [1.82, 2.24) is 0 Å². The molecule has 2 aliphatic carbocycles. The quantitative estimate of drug-likeness (QED) is 0.132. The summed E-state index contributed by atoms with van der Waals surface area (Å²) in [5.74, 6) is 9.88. The standard InChI is InChI=1S/C35H26O.2C2H6.H4N2/c1-3-12-25(13-4-1)33(26-14-5-2-6-15-26)28-17-9-16-27(23-28)30-19-10-20-31-34-29-18-8-7-11-24(29)21-22-32(34)36-35(30)31;3*1-2/h1-24,29,33H;2*1-2H3;1-2H2. The van der Waals surface area contributed by atoms with Crippen LogP contribution in [-0.2, 0) is 0 Å². The molecule has 4 aromatic carbocycles. The molecule has 0 radical (unpaired) electrons. The van der Waals surface area contributed by atoms with Crippen molar-refractivity contribution in [3.05, 3.63) is 162 Å². The van der Waals surface area contributed by atoms with Crippen molar-refractivity contribution >= 4 is 17.0 Å². The molecule has 3 heteroatoms. The van der Waals surface area contributed by atoms with E-state index in [1.807, 2.05) is 27.7 Å². The van der Waals surface area contributed by atoms with Crippen molar-refractivity contribution in [2.75, 3.05) is 0 Å². The van der Waals surface area contributed by atoms with Gasteiger partial charge in [-0.1, -0.05) is 161 Å². The smallest absolute Gasteiger partial charge is 0.142 e. The number of hydrazine groups is 1. The molecule has 0 spiro atoms. The summed E-state index contributed by atoms with van der Waals surface area (Å²) in [6.07, 6.45) is 13.3. The SMILES string of the molecule is C1=CC2C=Cc3oc4c(-c5cccc(C(c6ccccc6)c6ccccc6)c5)cccc4c3C2C=C1.CC.CC.NN. The van der Waals surface area contributed by atoms with E-state index in [9.17, 15) is 0 Å². The Balaban J connectivity index is 0.000000637. The van der Waals surface area contributed by atoms with Crippen LogP contribution in [-0.4, -0.2) is 0 Å². The average Bonchev–Trinajstić information content (AvgIpc) is 3.48. The van der Waals surface area contributed by atoms with E-state index in [2.05, 4.69) is 151 Å². The van der Waals surface area contributed by atoms with Crippen LogP contribution in [0.5, 0.6) is 0 Å². The minimum atomic E-state index is 0.166. The van der Waals surface area contributed by atoms with Gasteiger partial charge in [-0.05, 0) is 28.3 Å². The van der Waals surface area contributed by atoms with E-state index >= 15 is 0 Å². The monoisotopic (exact) mass is 554 g/mol. The van der Waals surface area contributed by atoms with Crippen LogP contribution >= 0.6 is 0 Å². The van der Waals surface area contributed by atoms with E-state index in [0.29, 0.717) is 11.8 Å². The number of para-hydroxylation sites is 1. The summed E-state index contributed by atoms with van der Waals surface area (Å²) in [7, 11) is 0. The van der Waals surface area contributed by atoms with Gasteiger partial charge >= 0.3 is 0 Å². The van der Waals surface area contributed by atoms with Crippen molar-refractivity contribution in [3.8, 4) is 11.1 Å². The molecule has 214 valence electrons. The molecule has 0 saturated heterocycles. The zero-order chi connectivity index (χ0) is 29.9. The summed E-state index contributed by atoms with van der Waals surface area (Å²) in [5.41, 5.74) is 8.47. The molecule has 42 heavy (non-hydrogen) atoms. The summed E-state index contributed by atoms with van der Waals surface area (Å²) >= 11 is 0. The summed E-state index contributed by atoms with van der Waals surface area (Å²) in [6, 6.07) is 37.1. The number of rotatable bonds is 4. The highest BCUT2D eigenvalue weighted by atomic mass is 16.3. The molecule has 0 fully saturated rings. The van der Waals surface area contributed by atoms with Gasteiger partial charge in [-0.15, -0.1) is 0 Å². The Hall–Kier alpha value is -4.44. The van der Waals surface area contributed by atoms with E-state index in [1.54, 1.807) is 0 Å². The van der Waals surface area contributed by atoms with Crippen molar-refractivity contribution in [3.63, 3.8) is 0 Å². The van der Waals surface area contributed by atoms with Gasteiger partial charge in [0.2, 0.25) is 0 Å². The van der Waals surface area contributed by atoms with Gasteiger partial charge in [0.15, 0.2) is 0 Å². The Morgan fingerprint density at radius 3 is 1.88 bits per heavy atom. The van der Waals surface area contributed by atoms with Crippen LogP contribution in [0.1, 0.15) is 67.5 Å². The van der Waals surface area contributed by atoms with Gasteiger partial charge < -0.3 is 4.42 Å². The normalized spacial score (nSPS) is 15.8. The van der Waals surface area contributed by atoms with Crippen molar-refractivity contribution in [2.45, 2.75) is 39.5 Å². The zero-order valence-corrected chi connectivity index (χ0v) is 25.1. The second-order valence-corrected chi connectivity index (χ2v) is 9.67. The molecule has 7 rings (SSSR count). The van der Waals surface area contributed by atoms with Gasteiger partial charge in [0, 0.05) is 34.3 Å². The molecular formula is C39H42N2O. The molecule has 2 aliphatic rings. The fourth-order valence-corrected chi connectivity index (χ4v) is 5.90. The molecule has 0 bridgehead atoms. The lowest BCUT2D eigenvalue weighted by Gasteiger charge is -2.24. The first-order valence-electron chi connectivity index (χ1n) is 15.0. The minimum Gasteiger partial charge on any atom is -0.456 e. The lowest BCUT2D eigenvalue weighted by Crippen LogP contribution is -2.12.